The van der Waals surface area contributed by atoms with Gasteiger partial charge in [-0.15, -0.1) is 11.6 Å². The Kier molecular flexibility index (Phi) is 4.63. The van der Waals surface area contributed by atoms with Crippen molar-refractivity contribution in [3.05, 3.63) is 23.9 Å². The summed E-state index contributed by atoms with van der Waals surface area (Å²) in [7, 11) is 0. The third-order valence-corrected chi connectivity index (χ3v) is 3.66. The van der Waals surface area contributed by atoms with Crippen molar-refractivity contribution in [3.63, 3.8) is 0 Å². The molecule has 94 valence electrons. The second kappa shape index (κ2) is 6.22. The number of piperidine rings is 1. The van der Waals surface area contributed by atoms with Gasteiger partial charge in [0.1, 0.15) is 5.82 Å². The highest BCUT2D eigenvalue weighted by atomic mass is 35.5. The predicted molar refractivity (Wildman–Crippen MR) is 70.4 cm³/mol. The van der Waals surface area contributed by atoms with Crippen molar-refractivity contribution in [2.75, 3.05) is 24.6 Å². The van der Waals surface area contributed by atoms with E-state index in [1.807, 2.05) is 18.3 Å². The molecule has 1 aromatic heterocycles. The van der Waals surface area contributed by atoms with Crippen LogP contribution in [-0.4, -0.2) is 29.8 Å². The summed E-state index contributed by atoms with van der Waals surface area (Å²) >= 11 is 5.94. The number of pyridine rings is 1. The van der Waals surface area contributed by atoms with Gasteiger partial charge in [0, 0.05) is 31.5 Å². The maximum absolute atomic E-state index is 9.02. The molecule has 2 rings (SSSR count). The van der Waals surface area contributed by atoms with Gasteiger partial charge >= 0.3 is 0 Å². The van der Waals surface area contributed by atoms with Crippen molar-refractivity contribution in [2.24, 2.45) is 5.92 Å². The summed E-state index contributed by atoms with van der Waals surface area (Å²) in [5, 5.41) is 9.02. The molecule has 3 nitrogen and oxygen atoms in total. The van der Waals surface area contributed by atoms with Crippen LogP contribution in [0.4, 0.5) is 5.82 Å². The lowest BCUT2D eigenvalue weighted by molar-refractivity contribution is 0.244. The molecule has 17 heavy (non-hydrogen) atoms. The van der Waals surface area contributed by atoms with Gasteiger partial charge in [0.05, 0.1) is 5.88 Å². The standard InChI is InChI=1S/C13H19ClN2O/c14-9-12-4-1-6-15-13(12)16-7-2-3-11(10-16)5-8-17/h1,4,6,11,17H,2-3,5,7-10H2. The average Bonchev–Trinajstić information content (AvgIpc) is 2.39. The molecular formula is C13H19ClN2O. The molecule has 0 amide bonds. The van der Waals surface area contributed by atoms with Gasteiger partial charge in [-0.1, -0.05) is 6.07 Å². The second-order valence-corrected chi connectivity index (χ2v) is 4.85. The molecule has 4 heteroatoms. The fourth-order valence-electron chi connectivity index (χ4n) is 2.49. The lowest BCUT2D eigenvalue weighted by Gasteiger charge is -2.34. The van der Waals surface area contributed by atoms with Crippen LogP contribution in [0.5, 0.6) is 0 Å². The van der Waals surface area contributed by atoms with Gasteiger partial charge in [-0.3, -0.25) is 0 Å². The minimum atomic E-state index is 0.281. The fraction of sp³-hybridized carbons (Fsp3) is 0.615. The minimum absolute atomic E-state index is 0.281. The topological polar surface area (TPSA) is 36.4 Å². The molecule has 2 heterocycles. The molecule has 1 saturated heterocycles. The smallest absolute Gasteiger partial charge is 0.132 e. The van der Waals surface area contributed by atoms with Crippen molar-refractivity contribution in [1.29, 1.82) is 0 Å². The van der Waals surface area contributed by atoms with Crippen molar-refractivity contribution in [3.8, 4) is 0 Å². The van der Waals surface area contributed by atoms with E-state index < -0.39 is 0 Å². The summed E-state index contributed by atoms with van der Waals surface area (Å²) in [5.41, 5.74) is 1.10. The highest BCUT2D eigenvalue weighted by molar-refractivity contribution is 6.17. The largest absolute Gasteiger partial charge is 0.396 e. The zero-order valence-corrected chi connectivity index (χ0v) is 10.7. The first kappa shape index (κ1) is 12.7. The number of aliphatic hydroxyl groups excluding tert-OH is 1. The molecular weight excluding hydrogens is 236 g/mol. The SMILES string of the molecule is OCCC1CCCN(c2ncccc2CCl)C1. The number of alkyl halides is 1. The molecule has 0 saturated carbocycles. The fourth-order valence-corrected chi connectivity index (χ4v) is 2.70. The van der Waals surface area contributed by atoms with Crippen molar-refractivity contribution < 1.29 is 5.11 Å². The number of nitrogens with zero attached hydrogens (tertiary/aromatic N) is 2. The Labute approximate surface area is 107 Å². The molecule has 1 aromatic rings. The van der Waals surface area contributed by atoms with E-state index in [9.17, 15) is 0 Å². The van der Waals surface area contributed by atoms with E-state index in [2.05, 4.69) is 9.88 Å². The van der Waals surface area contributed by atoms with Gasteiger partial charge in [0.2, 0.25) is 0 Å². The molecule has 0 spiro atoms. The third-order valence-electron chi connectivity index (χ3n) is 3.37. The lowest BCUT2D eigenvalue weighted by Crippen LogP contribution is -2.36. The summed E-state index contributed by atoms with van der Waals surface area (Å²) < 4.78 is 0. The van der Waals surface area contributed by atoms with Crippen LogP contribution in [0.3, 0.4) is 0 Å². The van der Waals surface area contributed by atoms with Crippen LogP contribution in [0.2, 0.25) is 0 Å². The molecule has 0 radical (unpaired) electrons. The molecule has 1 aliphatic rings. The van der Waals surface area contributed by atoms with E-state index in [0.717, 1.165) is 30.9 Å². The van der Waals surface area contributed by atoms with Gasteiger partial charge in [-0.25, -0.2) is 4.98 Å². The van der Waals surface area contributed by atoms with Crippen LogP contribution in [0.1, 0.15) is 24.8 Å². The second-order valence-electron chi connectivity index (χ2n) is 4.59. The number of aliphatic hydroxyl groups is 1. The average molecular weight is 255 g/mol. The van der Waals surface area contributed by atoms with Crippen molar-refractivity contribution >= 4 is 17.4 Å². The van der Waals surface area contributed by atoms with E-state index in [-0.39, 0.29) is 6.61 Å². The highest BCUT2D eigenvalue weighted by Gasteiger charge is 2.21. The molecule has 1 aliphatic heterocycles. The molecule has 1 atom stereocenters. The normalized spacial score (nSPS) is 20.6. The number of halogens is 1. The van der Waals surface area contributed by atoms with E-state index >= 15 is 0 Å². The van der Waals surface area contributed by atoms with Gasteiger partial charge in [-0.2, -0.15) is 0 Å². The summed E-state index contributed by atoms with van der Waals surface area (Å²) in [4.78, 5) is 6.75. The van der Waals surface area contributed by atoms with E-state index in [4.69, 9.17) is 16.7 Å². The number of rotatable bonds is 4. The summed E-state index contributed by atoms with van der Waals surface area (Å²) in [6, 6.07) is 3.96. The first-order chi connectivity index (χ1) is 8.35. The quantitative estimate of drug-likeness (QED) is 0.839. The van der Waals surface area contributed by atoms with Crippen molar-refractivity contribution in [2.45, 2.75) is 25.1 Å². The number of aromatic nitrogens is 1. The predicted octanol–water partition coefficient (Wildman–Crippen LogP) is 2.42. The van der Waals surface area contributed by atoms with Gasteiger partial charge in [0.25, 0.3) is 0 Å². The van der Waals surface area contributed by atoms with Crippen molar-refractivity contribution in [1.82, 2.24) is 4.98 Å². The highest BCUT2D eigenvalue weighted by Crippen LogP contribution is 2.26. The third kappa shape index (κ3) is 3.11. The van der Waals surface area contributed by atoms with Gasteiger partial charge in [0.15, 0.2) is 0 Å². The van der Waals surface area contributed by atoms with Crippen LogP contribution in [0.15, 0.2) is 18.3 Å². The number of hydrogen-bond donors (Lipinski definition) is 1. The van der Waals surface area contributed by atoms with E-state index in [0.29, 0.717) is 11.8 Å². The molecule has 1 fully saturated rings. The molecule has 0 aliphatic carbocycles. The summed E-state index contributed by atoms with van der Waals surface area (Å²) in [5.74, 6) is 2.11. The van der Waals surface area contributed by atoms with Gasteiger partial charge in [-0.05, 0) is 31.2 Å². The lowest BCUT2D eigenvalue weighted by atomic mass is 9.95. The first-order valence-corrected chi connectivity index (χ1v) is 6.74. The number of anilines is 1. The van der Waals surface area contributed by atoms with E-state index in [1.165, 1.54) is 12.8 Å². The Morgan fingerprint density at radius 3 is 3.18 bits per heavy atom. The molecule has 1 N–H and O–H groups in total. The molecule has 1 unspecified atom stereocenters. The monoisotopic (exact) mass is 254 g/mol. The van der Waals surface area contributed by atoms with Crippen LogP contribution < -0.4 is 4.90 Å². The van der Waals surface area contributed by atoms with E-state index in [1.54, 1.807) is 0 Å². The Bertz CT molecular complexity index is 357. The van der Waals surface area contributed by atoms with Gasteiger partial charge < -0.3 is 10.0 Å². The Hall–Kier alpha value is -0.800. The maximum Gasteiger partial charge on any atom is 0.132 e. The Morgan fingerprint density at radius 1 is 1.53 bits per heavy atom. The minimum Gasteiger partial charge on any atom is -0.396 e. The molecule has 0 bridgehead atoms. The zero-order valence-electron chi connectivity index (χ0n) is 9.98. The maximum atomic E-state index is 9.02. The summed E-state index contributed by atoms with van der Waals surface area (Å²) in [6.07, 6.45) is 5.09. The summed E-state index contributed by atoms with van der Waals surface area (Å²) in [6.45, 7) is 2.31. The molecule has 0 aromatic carbocycles. The van der Waals surface area contributed by atoms with Crippen LogP contribution >= 0.6 is 11.6 Å². The van der Waals surface area contributed by atoms with Crippen LogP contribution in [-0.2, 0) is 5.88 Å². The zero-order chi connectivity index (χ0) is 12.1. The Balaban J connectivity index is 2.10. The van der Waals surface area contributed by atoms with Crippen LogP contribution in [0, 0.1) is 5.92 Å². The Morgan fingerprint density at radius 2 is 2.41 bits per heavy atom. The number of hydrogen-bond acceptors (Lipinski definition) is 3. The first-order valence-electron chi connectivity index (χ1n) is 6.20. The van der Waals surface area contributed by atoms with Crippen LogP contribution in [0.25, 0.3) is 0 Å².